The molecule has 1 radical (unpaired) electrons. The van der Waals surface area contributed by atoms with Gasteiger partial charge in [0.15, 0.2) is 0 Å². The molecule has 0 bridgehead atoms. The lowest BCUT2D eigenvalue weighted by Gasteiger charge is -2.21. The van der Waals surface area contributed by atoms with E-state index in [1.807, 2.05) is 6.08 Å². The zero-order chi connectivity index (χ0) is 11.0. The monoisotopic (exact) mass is 215 g/mol. The molecule has 2 nitrogen and oxygen atoms in total. The molecule has 0 spiro atoms. The van der Waals surface area contributed by atoms with Crippen molar-refractivity contribution in [3.8, 4) is 0 Å². The summed E-state index contributed by atoms with van der Waals surface area (Å²) < 4.78 is 5.88. The Kier molecular flexibility index (Phi) is 8.13. The summed E-state index contributed by atoms with van der Waals surface area (Å²) in [4.78, 5) is 0. The first-order chi connectivity index (χ1) is 6.59. The second-order valence-corrected chi connectivity index (χ2v) is 7.41. The minimum Gasteiger partial charge on any atom is -0.416 e. The third kappa shape index (κ3) is 6.35. The lowest BCUT2D eigenvalue weighted by atomic mass is 10.4. The van der Waals surface area contributed by atoms with Crippen LogP contribution in [0.5, 0.6) is 0 Å². The van der Waals surface area contributed by atoms with E-state index in [9.17, 15) is 0 Å². The van der Waals surface area contributed by atoms with Gasteiger partial charge in [0.2, 0.25) is 9.04 Å². The van der Waals surface area contributed by atoms with Crippen LogP contribution in [0.1, 0.15) is 34.1 Å². The van der Waals surface area contributed by atoms with Crippen LogP contribution in [-0.2, 0) is 4.43 Å². The van der Waals surface area contributed by atoms with Crippen molar-refractivity contribution in [1.82, 2.24) is 0 Å². The second-order valence-electron chi connectivity index (χ2n) is 4.00. The molecule has 0 heterocycles. The van der Waals surface area contributed by atoms with Crippen molar-refractivity contribution < 1.29 is 9.53 Å². The zero-order valence-electron chi connectivity index (χ0n) is 9.79. The van der Waals surface area contributed by atoms with E-state index in [-0.39, 0.29) is 6.61 Å². The molecule has 14 heavy (non-hydrogen) atoms. The molecule has 0 aromatic heterocycles. The standard InChI is InChI=1S/C11H23O2Si/c1-10(2)14(11(3)4)13-9-7-5-6-8-12/h5-6,10-12H,7-9H2,1-4H3/b6-5-. The molecule has 3 heteroatoms. The average molecular weight is 215 g/mol. The van der Waals surface area contributed by atoms with Gasteiger partial charge in [-0.05, 0) is 17.5 Å². The summed E-state index contributed by atoms with van der Waals surface area (Å²) >= 11 is 0. The highest BCUT2D eigenvalue weighted by Gasteiger charge is 2.21. The van der Waals surface area contributed by atoms with Crippen LogP contribution in [0.15, 0.2) is 12.2 Å². The van der Waals surface area contributed by atoms with Crippen LogP contribution in [0.2, 0.25) is 11.1 Å². The number of aliphatic hydroxyl groups excluding tert-OH is 1. The molecule has 0 saturated heterocycles. The summed E-state index contributed by atoms with van der Waals surface area (Å²) in [6.45, 7) is 9.86. The van der Waals surface area contributed by atoms with Crippen molar-refractivity contribution in [2.24, 2.45) is 0 Å². The maximum Gasteiger partial charge on any atom is 0.216 e. The highest BCUT2D eigenvalue weighted by molar-refractivity contribution is 6.54. The molecule has 0 fully saturated rings. The number of hydrogen-bond donors (Lipinski definition) is 1. The van der Waals surface area contributed by atoms with Crippen LogP contribution in [0.3, 0.4) is 0 Å². The Labute approximate surface area is 89.7 Å². The molecule has 0 aliphatic heterocycles. The topological polar surface area (TPSA) is 29.5 Å². The molecule has 83 valence electrons. The van der Waals surface area contributed by atoms with E-state index in [4.69, 9.17) is 9.53 Å². The Morgan fingerprint density at radius 2 is 1.71 bits per heavy atom. The summed E-state index contributed by atoms with van der Waals surface area (Å²) in [5.74, 6) is 0. The summed E-state index contributed by atoms with van der Waals surface area (Å²) in [6, 6.07) is 0. The molecule has 0 aromatic rings. The largest absolute Gasteiger partial charge is 0.416 e. The van der Waals surface area contributed by atoms with Crippen molar-refractivity contribution in [1.29, 1.82) is 0 Å². The van der Waals surface area contributed by atoms with Gasteiger partial charge in [0.05, 0.1) is 6.61 Å². The molecule has 1 N–H and O–H groups in total. The Bertz CT molecular complexity index is 147. The van der Waals surface area contributed by atoms with Crippen LogP contribution in [0.4, 0.5) is 0 Å². The Morgan fingerprint density at radius 3 is 2.14 bits per heavy atom. The van der Waals surface area contributed by atoms with Crippen LogP contribution in [-0.4, -0.2) is 27.4 Å². The van der Waals surface area contributed by atoms with E-state index in [0.717, 1.165) is 13.0 Å². The maximum atomic E-state index is 8.53. The number of rotatable bonds is 7. The van der Waals surface area contributed by atoms with Crippen molar-refractivity contribution in [3.63, 3.8) is 0 Å². The van der Waals surface area contributed by atoms with Gasteiger partial charge in [0, 0.05) is 6.61 Å². The van der Waals surface area contributed by atoms with Gasteiger partial charge in [-0.25, -0.2) is 0 Å². The van der Waals surface area contributed by atoms with E-state index in [2.05, 4.69) is 27.7 Å². The molecular formula is C11H23O2Si. The molecule has 0 rings (SSSR count). The van der Waals surface area contributed by atoms with Crippen molar-refractivity contribution >= 4 is 9.04 Å². The smallest absolute Gasteiger partial charge is 0.216 e. The first-order valence-corrected chi connectivity index (χ1v) is 6.91. The van der Waals surface area contributed by atoms with Crippen molar-refractivity contribution in [3.05, 3.63) is 12.2 Å². The van der Waals surface area contributed by atoms with E-state index in [1.54, 1.807) is 6.08 Å². The first-order valence-electron chi connectivity index (χ1n) is 5.35. The third-order valence-corrected chi connectivity index (χ3v) is 4.78. The SMILES string of the molecule is CC(C)[Si](OCC/C=C\CO)C(C)C. The highest BCUT2D eigenvalue weighted by Crippen LogP contribution is 2.20. The fourth-order valence-corrected chi connectivity index (χ4v) is 3.79. The zero-order valence-corrected chi connectivity index (χ0v) is 10.8. The normalized spacial score (nSPS) is 12.6. The van der Waals surface area contributed by atoms with Crippen LogP contribution < -0.4 is 0 Å². The van der Waals surface area contributed by atoms with Gasteiger partial charge in [0.25, 0.3) is 0 Å². The van der Waals surface area contributed by atoms with Crippen molar-refractivity contribution in [2.45, 2.75) is 45.2 Å². The van der Waals surface area contributed by atoms with Gasteiger partial charge >= 0.3 is 0 Å². The minimum absolute atomic E-state index is 0.131. The first kappa shape index (κ1) is 13.9. The molecule has 0 aliphatic carbocycles. The Morgan fingerprint density at radius 1 is 1.14 bits per heavy atom. The Hall–Kier alpha value is -0.123. The molecule has 0 amide bonds. The predicted molar refractivity (Wildman–Crippen MR) is 62.7 cm³/mol. The molecule has 0 aromatic carbocycles. The van der Waals surface area contributed by atoms with E-state index in [1.165, 1.54) is 0 Å². The summed E-state index contributed by atoms with van der Waals surface area (Å²) in [7, 11) is -0.662. The van der Waals surface area contributed by atoms with Crippen LogP contribution >= 0.6 is 0 Å². The number of hydrogen-bond acceptors (Lipinski definition) is 2. The van der Waals surface area contributed by atoms with E-state index < -0.39 is 9.04 Å². The lowest BCUT2D eigenvalue weighted by molar-refractivity contribution is 0.313. The number of aliphatic hydroxyl groups is 1. The van der Waals surface area contributed by atoms with Crippen LogP contribution in [0, 0.1) is 0 Å². The maximum absolute atomic E-state index is 8.53. The van der Waals surface area contributed by atoms with Gasteiger partial charge in [-0.2, -0.15) is 0 Å². The second kappa shape index (κ2) is 8.21. The van der Waals surface area contributed by atoms with Gasteiger partial charge in [-0.1, -0.05) is 39.8 Å². The van der Waals surface area contributed by atoms with E-state index >= 15 is 0 Å². The summed E-state index contributed by atoms with van der Waals surface area (Å²) in [6.07, 6.45) is 4.65. The summed E-state index contributed by atoms with van der Waals surface area (Å²) in [5.41, 5.74) is 1.34. The van der Waals surface area contributed by atoms with E-state index in [0.29, 0.717) is 11.1 Å². The van der Waals surface area contributed by atoms with Gasteiger partial charge in [-0.3, -0.25) is 0 Å². The fourth-order valence-electron chi connectivity index (χ4n) is 1.44. The fraction of sp³-hybridized carbons (Fsp3) is 0.818. The predicted octanol–water partition coefficient (Wildman–Crippen LogP) is 2.75. The molecule has 0 saturated carbocycles. The minimum atomic E-state index is -0.662. The van der Waals surface area contributed by atoms with Gasteiger partial charge in [0.1, 0.15) is 0 Å². The third-order valence-electron chi connectivity index (χ3n) is 1.96. The highest BCUT2D eigenvalue weighted by atomic mass is 28.3. The molecule has 0 unspecified atom stereocenters. The molecule has 0 atom stereocenters. The molecular weight excluding hydrogens is 192 g/mol. The van der Waals surface area contributed by atoms with Crippen molar-refractivity contribution in [2.75, 3.05) is 13.2 Å². The lowest BCUT2D eigenvalue weighted by Crippen LogP contribution is -2.25. The average Bonchev–Trinajstić information content (AvgIpc) is 2.09. The quantitative estimate of drug-likeness (QED) is 0.402. The van der Waals surface area contributed by atoms with Gasteiger partial charge in [-0.15, -0.1) is 0 Å². The Balaban J connectivity index is 3.67. The summed E-state index contributed by atoms with van der Waals surface area (Å²) in [5, 5.41) is 8.53. The van der Waals surface area contributed by atoms with Gasteiger partial charge < -0.3 is 9.53 Å². The molecule has 0 aliphatic rings. The van der Waals surface area contributed by atoms with Crippen LogP contribution in [0.25, 0.3) is 0 Å².